The van der Waals surface area contributed by atoms with Crippen LogP contribution in [0, 0.1) is 0 Å². The summed E-state index contributed by atoms with van der Waals surface area (Å²) in [6.45, 7) is 1.75. The van der Waals surface area contributed by atoms with E-state index in [0.29, 0.717) is 11.3 Å². The van der Waals surface area contributed by atoms with Gasteiger partial charge in [0.05, 0.1) is 6.54 Å². The normalized spacial score (nSPS) is 10.0. The summed E-state index contributed by atoms with van der Waals surface area (Å²) in [5, 5.41) is 0. The van der Waals surface area contributed by atoms with Gasteiger partial charge in [-0.3, -0.25) is 9.59 Å². The van der Waals surface area contributed by atoms with Crippen LogP contribution in [0.15, 0.2) is 18.2 Å². The van der Waals surface area contributed by atoms with Gasteiger partial charge in [0.15, 0.2) is 5.78 Å². The first-order valence-electron chi connectivity index (χ1n) is 5.64. The van der Waals surface area contributed by atoms with Gasteiger partial charge in [-0.15, -0.1) is 0 Å². The Morgan fingerprint density at radius 1 is 1.22 bits per heavy atom. The topological polar surface area (TPSA) is 66.6 Å². The number of nitrogen functional groups attached to an aromatic ring is 1. The molecule has 0 unspecified atom stereocenters. The van der Waals surface area contributed by atoms with E-state index in [4.69, 9.17) is 5.73 Å². The molecule has 0 bridgehead atoms. The standard InChI is InChI=1S/C13H19N3O2/c1-9(17)11-6-5-10(7-12(11)14)16(4)8-13(18)15(2)3/h5-7H,8,14H2,1-4H3. The molecule has 0 aliphatic heterocycles. The van der Waals surface area contributed by atoms with E-state index in [-0.39, 0.29) is 18.2 Å². The van der Waals surface area contributed by atoms with Gasteiger partial charge in [-0.1, -0.05) is 0 Å². The smallest absolute Gasteiger partial charge is 0.241 e. The second-order valence-electron chi connectivity index (χ2n) is 4.47. The third kappa shape index (κ3) is 3.23. The number of hydrogen-bond donors (Lipinski definition) is 1. The molecule has 0 saturated carbocycles. The summed E-state index contributed by atoms with van der Waals surface area (Å²) >= 11 is 0. The van der Waals surface area contributed by atoms with Crippen LogP contribution < -0.4 is 10.6 Å². The minimum atomic E-state index is -0.0638. The molecule has 0 fully saturated rings. The minimum absolute atomic E-state index is 0.00622. The SMILES string of the molecule is CC(=O)c1ccc(N(C)CC(=O)N(C)C)cc1N. The highest BCUT2D eigenvalue weighted by Crippen LogP contribution is 2.21. The highest BCUT2D eigenvalue weighted by molar-refractivity contribution is 5.99. The van der Waals surface area contributed by atoms with Crippen molar-refractivity contribution in [2.45, 2.75) is 6.92 Å². The van der Waals surface area contributed by atoms with Crippen LogP contribution in [0.5, 0.6) is 0 Å². The Labute approximate surface area is 107 Å². The molecule has 0 heterocycles. The fourth-order valence-corrected chi connectivity index (χ4v) is 1.54. The van der Waals surface area contributed by atoms with Crippen LogP contribution in [0.4, 0.5) is 11.4 Å². The van der Waals surface area contributed by atoms with E-state index in [1.54, 1.807) is 37.2 Å². The number of hydrogen-bond acceptors (Lipinski definition) is 4. The summed E-state index contributed by atoms with van der Waals surface area (Å²) in [6.07, 6.45) is 0. The highest BCUT2D eigenvalue weighted by Gasteiger charge is 2.11. The average Bonchev–Trinajstić information content (AvgIpc) is 2.27. The average molecular weight is 249 g/mol. The zero-order chi connectivity index (χ0) is 13.9. The predicted octanol–water partition coefficient (Wildman–Crippen LogP) is 0.996. The second kappa shape index (κ2) is 5.53. The molecular weight excluding hydrogens is 230 g/mol. The molecule has 1 aromatic carbocycles. The molecule has 5 nitrogen and oxygen atoms in total. The van der Waals surface area contributed by atoms with Gasteiger partial charge in [-0.25, -0.2) is 0 Å². The lowest BCUT2D eigenvalue weighted by atomic mass is 10.1. The quantitative estimate of drug-likeness (QED) is 0.638. The van der Waals surface area contributed by atoms with Crippen molar-refractivity contribution in [1.29, 1.82) is 0 Å². The van der Waals surface area contributed by atoms with Crippen molar-refractivity contribution >= 4 is 23.1 Å². The predicted molar refractivity (Wildman–Crippen MR) is 72.8 cm³/mol. The first-order valence-corrected chi connectivity index (χ1v) is 5.64. The van der Waals surface area contributed by atoms with E-state index in [1.807, 2.05) is 7.05 Å². The van der Waals surface area contributed by atoms with Gasteiger partial charge in [0.1, 0.15) is 0 Å². The maximum absolute atomic E-state index is 11.6. The Kier molecular flexibility index (Phi) is 4.31. The third-order valence-corrected chi connectivity index (χ3v) is 2.73. The van der Waals surface area contributed by atoms with Crippen molar-refractivity contribution in [3.63, 3.8) is 0 Å². The van der Waals surface area contributed by atoms with Gasteiger partial charge in [-0.2, -0.15) is 0 Å². The Balaban J connectivity index is 2.88. The summed E-state index contributed by atoms with van der Waals surface area (Å²) in [6, 6.07) is 5.18. The van der Waals surface area contributed by atoms with Crippen molar-refractivity contribution in [1.82, 2.24) is 4.90 Å². The van der Waals surface area contributed by atoms with Crippen molar-refractivity contribution in [2.24, 2.45) is 0 Å². The molecule has 2 N–H and O–H groups in total. The number of nitrogens with zero attached hydrogens (tertiary/aromatic N) is 2. The van der Waals surface area contributed by atoms with Crippen molar-refractivity contribution < 1.29 is 9.59 Å². The molecule has 0 atom stereocenters. The van der Waals surface area contributed by atoms with Gasteiger partial charge < -0.3 is 15.5 Å². The molecule has 18 heavy (non-hydrogen) atoms. The van der Waals surface area contributed by atoms with E-state index < -0.39 is 0 Å². The summed E-state index contributed by atoms with van der Waals surface area (Å²) < 4.78 is 0. The molecule has 5 heteroatoms. The van der Waals surface area contributed by atoms with Gasteiger partial charge in [-0.05, 0) is 25.1 Å². The molecule has 0 aromatic heterocycles. The Bertz CT molecular complexity index is 469. The molecule has 1 rings (SSSR count). The molecule has 0 radical (unpaired) electrons. The molecule has 0 saturated heterocycles. The fraction of sp³-hybridized carbons (Fsp3) is 0.385. The molecule has 1 amide bonds. The molecule has 0 spiro atoms. The van der Waals surface area contributed by atoms with E-state index in [0.717, 1.165) is 5.69 Å². The largest absolute Gasteiger partial charge is 0.398 e. The first-order chi connectivity index (χ1) is 8.32. The molecule has 0 aliphatic rings. The molecular formula is C13H19N3O2. The number of rotatable bonds is 4. The van der Waals surface area contributed by atoms with Crippen molar-refractivity contribution in [3.05, 3.63) is 23.8 Å². The van der Waals surface area contributed by atoms with E-state index in [2.05, 4.69) is 0 Å². The van der Waals surface area contributed by atoms with Crippen LogP contribution in [0.25, 0.3) is 0 Å². The monoisotopic (exact) mass is 249 g/mol. The number of Topliss-reactive ketones (excluding diaryl/α,β-unsaturated/α-hetero) is 1. The first kappa shape index (κ1) is 14.0. The summed E-state index contributed by atoms with van der Waals surface area (Å²) in [5.41, 5.74) is 7.56. The van der Waals surface area contributed by atoms with Crippen LogP contribution in [-0.4, -0.2) is 44.3 Å². The lowest BCUT2D eigenvalue weighted by Gasteiger charge is -2.21. The van der Waals surface area contributed by atoms with Crippen LogP contribution in [0.1, 0.15) is 17.3 Å². The van der Waals surface area contributed by atoms with E-state index >= 15 is 0 Å². The zero-order valence-electron chi connectivity index (χ0n) is 11.2. The number of anilines is 2. The van der Waals surface area contributed by atoms with Gasteiger partial charge in [0.2, 0.25) is 5.91 Å². The summed E-state index contributed by atoms with van der Waals surface area (Å²) in [4.78, 5) is 26.2. The third-order valence-electron chi connectivity index (χ3n) is 2.73. The lowest BCUT2D eigenvalue weighted by molar-refractivity contribution is -0.127. The van der Waals surface area contributed by atoms with E-state index in [9.17, 15) is 9.59 Å². The molecule has 98 valence electrons. The Morgan fingerprint density at radius 2 is 1.83 bits per heavy atom. The summed E-state index contributed by atoms with van der Waals surface area (Å²) in [5.74, 6) is -0.0576. The summed E-state index contributed by atoms with van der Waals surface area (Å²) in [7, 11) is 5.23. The van der Waals surface area contributed by atoms with Gasteiger partial charge in [0, 0.05) is 38.1 Å². The van der Waals surface area contributed by atoms with Gasteiger partial charge >= 0.3 is 0 Å². The zero-order valence-corrected chi connectivity index (χ0v) is 11.2. The number of carbonyl (C=O) groups is 2. The fourth-order valence-electron chi connectivity index (χ4n) is 1.54. The minimum Gasteiger partial charge on any atom is -0.398 e. The van der Waals surface area contributed by atoms with Crippen molar-refractivity contribution in [2.75, 3.05) is 38.3 Å². The molecule has 0 aliphatic carbocycles. The highest BCUT2D eigenvalue weighted by atomic mass is 16.2. The van der Waals surface area contributed by atoms with Crippen LogP contribution in [0.3, 0.4) is 0 Å². The number of benzene rings is 1. The van der Waals surface area contributed by atoms with Crippen molar-refractivity contribution in [3.8, 4) is 0 Å². The Morgan fingerprint density at radius 3 is 2.28 bits per heavy atom. The van der Waals surface area contributed by atoms with Crippen LogP contribution >= 0.6 is 0 Å². The van der Waals surface area contributed by atoms with Gasteiger partial charge in [0.25, 0.3) is 0 Å². The number of carbonyl (C=O) groups excluding carboxylic acids is 2. The maximum atomic E-state index is 11.6. The second-order valence-corrected chi connectivity index (χ2v) is 4.47. The number of ketones is 1. The number of nitrogens with two attached hydrogens (primary N) is 1. The van der Waals surface area contributed by atoms with Crippen LogP contribution in [0.2, 0.25) is 0 Å². The Hall–Kier alpha value is -2.04. The molecule has 1 aromatic rings. The van der Waals surface area contributed by atoms with Crippen LogP contribution in [-0.2, 0) is 4.79 Å². The van der Waals surface area contributed by atoms with E-state index in [1.165, 1.54) is 11.8 Å². The number of amides is 1. The number of likely N-dealkylation sites (N-methyl/N-ethyl adjacent to an activating group) is 2. The lowest BCUT2D eigenvalue weighted by Crippen LogP contribution is -2.34. The maximum Gasteiger partial charge on any atom is 0.241 e.